The molecule has 0 aliphatic rings. The van der Waals surface area contributed by atoms with Gasteiger partial charge in [0.25, 0.3) is 0 Å². The van der Waals surface area contributed by atoms with Crippen LogP contribution < -0.4 is 0 Å². The van der Waals surface area contributed by atoms with Crippen molar-refractivity contribution in [3.8, 4) is 6.07 Å². The molecular weight excluding hydrogens is 421 g/mol. The van der Waals surface area contributed by atoms with Gasteiger partial charge in [-0.25, -0.2) is 9.97 Å². The van der Waals surface area contributed by atoms with Gasteiger partial charge < -0.3 is 0 Å². The summed E-state index contributed by atoms with van der Waals surface area (Å²) >= 11 is 2.36. The van der Waals surface area contributed by atoms with Crippen LogP contribution >= 0.6 is 22.6 Å². The van der Waals surface area contributed by atoms with Crippen LogP contribution in [0.2, 0.25) is 0 Å². The van der Waals surface area contributed by atoms with Crippen molar-refractivity contribution in [1.29, 1.82) is 5.26 Å². The molecule has 3 rings (SSSR count). The van der Waals surface area contributed by atoms with Crippen LogP contribution in [0.25, 0.3) is 0 Å². The fraction of sp³-hybridized carbons (Fsp3) is 0.190. The average molecular weight is 439 g/mol. The SMILES string of the molecule is Cc1cc(I)cc(C)c1Cc1ccnc(Cc2ccc(C#N)cc2)n1. The molecular formula is C21H18IN3. The molecule has 25 heavy (non-hydrogen) atoms. The van der Waals surface area contributed by atoms with Crippen molar-refractivity contribution in [2.45, 2.75) is 26.7 Å². The lowest BCUT2D eigenvalue weighted by Crippen LogP contribution is -2.03. The van der Waals surface area contributed by atoms with Gasteiger partial charge >= 0.3 is 0 Å². The standard InChI is InChI=1S/C21H18IN3/c1-14-9-18(22)10-15(2)20(14)12-19-7-8-24-21(25-19)11-16-3-5-17(13-23)6-4-16/h3-10H,11-12H2,1-2H3. The second-order valence-corrected chi connectivity index (χ2v) is 7.39. The molecule has 0 saturated heterocycles. The van der Waals surface area contributed by atoms with Gasteiger partial charge in [-0.2, -0.15) is 5.26 Å². The van der Waals surface area contributed by atoms with E-state index in [4.69, 9.17) is 10.2 Å². The van der Waals surface area contributed by atoms with Crippen LogP contribution in [0.4, 0.5) is 0 Å². The highest BCUT2D eigenvalue weighted by atomic mass is 127. The number of halogens is 1. The second kappa shape index (κ2) is 7.75. The zero-order valence-electron chi connectivity index (χ0n) is 14.3. The largest absolute Gasteiger partial charge is 0.241 e. The molecule has 0 N–H and O–H groups in total. The Morgan fingerprint density at radius 3 is 2.32 bits per heavy atom. The molecule has 0 atom stereocenters. The van der Waals surface area contributed by atoms with E-state index in [0.717, 1.165) is 23.5 Å². The van der Waals surface area contributed by atoms with Crippen LogP contribution in [-0.4, -0.2) is 9.97 Å². The first-order valence-electron chi connectivity index (χ1n) is 8.10. The van der Waals surface area contributed by atoms with Gasteiger partial charge in [0.1, 0.15) is 5.82 Å². The minimum absolute atomic E-state index is 0.670. The summed E-state index contributed by atoms with van der Waals surface area (Å²) in [6.45, 7) is 4.31. The summed E-state index contributed by atoms with van der Waals surface area (Å²) in [6, 6.07) is 16.1. The first kappa shape index (κ1) is 17.6. The van der Waals surface area contributed by atoms with Crippen molar-refractivity contribution in [3.63, 3.8) is 0 Å². The summed E-state index contributed by atoms with van der Waals surface area (Å²) in [7, 11) is 0. The molecule has 4 heteroatoms. The van der Waals surface area contributed by atoms with Gasteiger partial charge in [0.2, 0.25) is 0 Å². The lowest BCUT2D eigenvalue weighted by atomic mass is 9.98. The Morgan fingerprint density at radius 2 is 1.68 bits per heavy atom. The Balaban J connectivity index is 1.81. The number of nitrogens with zero attached hydrogens (tertiary/aromatic N) is 3. The topological polar surface area (TPSA) is 49.6 Å². The highest BCUT2D eigenvalue weighted by Gasteiger charge is 2.08. The van der Waals surface area contributed by atoms with Gasteiger partial charge in [-0.15, -0.1) is 0 Å². The highest BCUT2D eigenvalue weighted by Crippen LogP contribution is 2.21. The first-order chi connectivity index (χ1) is 12.0. The monoisotopic (exact) mass is 439 g/mol. The van der Waals surface area contributed by atoms with E-state index in [1.807, 2.05) is 36.5 Å². The average Bonchev–Trinajstić information content (AvgIpc) is 2.59. The van der Waals surface area contributed by atoms with E-state index in [0.29, 0.717) is 12.0 Å². The Kier molecular flexibility index (Phi) is 5.44. The van der Waals surface area contributed by atoms with E-state index >= 15 is 0 Å². The van der Waals surface area contributed by atoms with Crippen molar-refractivity contribution < 1.29 is 0 Å². The molecule has 0 bridgehead atoms. The molecule has 0 amide bonds. The summed E-state index contributed by atoms with van der Waals surface area (Å²) in [4.78, 5) is 9.13. The minimum Gasteiger partial charge on any atom is -0.241 e. The van der Waals surface area contributed by atoms with Gasteiger partial charge in [-0.1, -0.05) is 12.1 Å². The van der Waals surface area contributed by atoms with E-state index in [1.54, 1.807) is 0 Å². The summed E-state index contributed by atoms with van der Waals surface area (Å²) in [5, 5.41) is 8.88. The number of benzene rings is 2. The summed E-state index contributed by atoms with van der Waals surface area (Å²) < 4.78 is 1.26. The Labute approximate surface area is 161 Å². The smallest absolute Gasteiger partial charge is 0.132 e. The Hall–Kier alpha value is -2.26. The number of aryl methyl sites for hydroxylation is 2. The molecule has 0 saturated carbocycles. The maximum absolute atomic E-state index is 8.88. The first-order valence-corrected chi connectivity index (χ1v) is 9.18. The van der Waals surface area contributed by atoms with E-state index in [1.165, 1.54) is 20.3 Å². The molecule has 124 valence electrons. The number of aromatic nitrogens is 2. The van der Waals surface area contributed by atoms with Gasteiger partial charge in [0.15, 0.2) is 0 Å². The molecule has 0 fully saturated rings. The number of hydrogen-bond donors (Lipinski definition) is 0. The molecule has 0 unspecified atom stereocenters. The van der Waals surface area contributed by atoms with Crippen molar-refractivity contribution in [2.75, 3.05) is 0 Å². The lowest BCUT2D eigenvalue weighted by Gasteiger charge is -2.11. The molecule has 0 spiro atoms. The molecule has 0 aliphatic carbocycles. The maximum atomic E-state index is 8.88. The van der Waals surface area contributed by atoms with Crippen LogP contribution in [-0.2, 0) is 12.8 Å². The quantitative estimate of drug-likeness (QED) is 0.552. The predicted octanol–water partition coefficient (Wildman–Crippen LogP) is 4.75. The van der Waals surface area contributed by atoms with Crippen molar-refractivity contribution in [1.82, 2.24) is 9.97 Å². The van der Waals surface area contributed by atoms with Gasteiger partial charge in [0.05, 0.1) is 11.6 Å². The molecule has 0 radical (unpaired) electrons. The van der Waals surface area contributed by atoms with Crippen LogP contribution in [0.15, 0.2) is 48.7 Å². The van der Waals surface area contributed by atoms with Gasteiger partial charge in [-0.3, -0.25) is 0 Å². The van der Waals surface area contributed by atoms with Crippen LogP contribution in [0.1, 0.15) is 39.3 Å². The minimum atomic E-state index is 0.670. The van der Waals surface area contributed by atoms with Gasteiger partial charge in [0, 0.05) is 28.3 Å². The summed E-state index contributed by atoms with van der Waals surface area (Å²) in [5.41, 5.74) is 6.75. The third-order valence-electron chi connectivity index (χ3n) is 4.23. The molecule has 2 aromatic carbocycles. The summed E-state index contributed by atoms with van der Waals surface area (Å²) in [5.74, 6) is 0.808. The predicted molar refractivity (Wildman–Crippen MR) is 107 cm³/mol. The molecule has 3 nitrogen and oxygen atoms in total. The highest BCUT2D eigenvalue weighted by molar-refractivity contribution is 14.1. The van der Waals surface area contributed by atoms with E-state index in [9.17, 15) is 0 Å². The van der Waals surface area contributed by atoms with Gasteiger partial charge in [-0.05, 0) is 89.0 Å². The Bertz CT molecular complexity index is 917. The normalized spacial score (nSPS) is 10.5. The number of rotatable bonds is 4. The third-order valence-corrected chi connectivity index (χ3v) is 4.85. The number of hydrogen-bond acceptors (Lipinski definition) is 3. The third kappa shape index (κ3) is 4.43. The van der Waals surface area contributed by atoms with Crippen LogP contribution in [0, 0.1) is 28.7 Å². The fourth-order valence-electron chi connectivity index (χ4n) is 2.91. The lowest BCUT2D eigenvalue weighted by molar-refractivity contribution is 0.912. The molecule has 3 aromatic rings. The zero-order valence-corrected chi connectivity index (χ0v) is 16.4. The van der Waals surface area contributed by atoms with Crippen molar-refractivity contribution in [2.24, 2.45) is 0 Å². The second-order valence-electron chi connectivity index (χ2n) is 6.14. The van der Waals surface area contributed by atoms with Crippen LogP contribution in [0.3, 0.4) is 0 Å². The van der Waals surface area contributed by atoms with E-state index < -0.39 is 0 Å². The van der Waals surface area contributed by atoms with Crippen molar-refractivity contribution in [3.05, 3.63) is 91.6 Å². The van der Waals surface area contributed by atoms with Crippen LogP contribution in [0.5, 0.6) is 0 Å². The number of nitriles is 1. The molecule has 0 aliphatic heterocycles. The summed E-state index contributed by atoms with van der Waals surface area (Å²) in [6.07, 6.45) is 3.32. The molecule has 1 aromatic heterocycles. The maximum Gasteiger partial charge on any atom is 0.132 e. The van der Waals surface area contributed by atoms with Crippen molar-refractivity contribution >= 4 is 22.6 Å². The van der Waals surface area contributed by atoms with E-state index in [-0.39, 0.29) is 0 Å². The van der Waals surface area contributed by atoms with E-state index in [2.05, 4.69) is 59.6 Å². The molecule has 1 heterocycles. The fourth-order valence-corrected chi connectivity index (χ4v) is 3.84. The zero-order chi connectivity index (χ0) is 17.8. The Morgan fingerprint density at radius 1 is 1.00 bits per heavy atom.